The molecule has 1 aliphatic heterocycles. The van der Waals surface area contributed by atoms with E-state index in [1.54, 1.807) is 36.4 Å². The van der Waals surface area contributed by atoms with Crippen molar-refractivity contribution in [2.45, 2.75) is 0 Å². The molecule has 2 aromatic carbocycles. The van der Waals surface area contributed by atoms with Crippen molar-refractivity contribution in [3.63, 3.8) is 0 Å². The molecule has 1 aromatic heterocycles. The first kappa shape index (κ1) is 21.1. The summed E-state index contributed by atoms with van der Waals surface area (Å²) in [4.78, 5) is 42.5. The molecule has 32 heavy (non-hydrogen) atoms. The van der Waals surface area contributed by atoms with Crippen molar-refractivity contribution in [2.24, 2.45) is 11.0 Å². The lowest BCUT2D eigenvalue weighted by molar-refractivity contribution is -0.130. The number of nitrogens with zero attached hydrogens (tertiary/aromatic N) is 3. The maximum absolute atomic E-state index is 12.8. The van der Waals surface area contributed by atoms with Crippen LogP contribution in [0.5, 0.6) is 5.88 Å². The first-order valence-corrected chi connectivity index (χ1v) is 9.98. The van der Waals surface area contributed by atoms with Crippen molar-refractivity contribution in [1.82, 2.24) is 15.7 Å². The highest BCUT2D eigenvalue weighted by atomic mass is 32.1. The topological polar surface area (TPSA) is 113 Å². The molecule has 1 aliphatic rings. The number of nitrogens with one attached hydrogen (secondary N) is 2. The van der Waals surface area contributed by atoms with Crippen molar-refractivity contribution in [2.75, 3.05) is 11.5 Å². The van der Waals surface area contributed by atoms with Crippen molar-refractivity contribution < 1.29 is 19.1 Å². The maximum atomic E-state index is 12.8. The molecular weight excluding hydrogens is 430 g/mol. The Balaban J connectivity index is 1.35. The number of hydrazone groups is 1. The van der Waals surface area contributed by atoms with E-state index in [1.165, 1.54) is 4.90 Å². The van der Waals surface area contributed by atoms with Crippen LogP contribution in [0, 0.1) is 5.92 Å². The second kappa shape index (κ2) is 9.31. The molecule has 0 spiro atoms. The van der Waals surface area contributed by atoms with Gasteiger partial charge in [-0.15, -0.1) is 0 Å². The zero-order chi connectivity index (χ0) is 22.5. The van der Waals surface area contributed by atoms with Gasteiger partial charge in [-0.25, -0.2) is 10.4 Å². The van der Waals surface area contributed by atoms with Gasteiger partial charge in [-0.3, -0.25) is 19.3 Å². The number of pyridine rings is 1. The van der Waals surface area contributed by atoms with Gasteiger partial charge in [-0.1, -0.05) is 36.4 Å². The average molecular weight is 447 g/mol. The molecule has 160 valence electrons. The van der Waals surface area contributed by atoms with E-state index >= 15 is 0 Å². The molecule has 1 atom stereocenters. The number of anilines is 1. The first-order valence-electron chi connectivity index (χ1n) is 9.57. The summed E-state index contributed by atoms with van der Waals surface area (Å²) in [7, 11) is 0. The number of rotatable bonds is 6. The van der Waals surface area contributed by atoms with Crippen LogP contribution in [0.3, 0.4) is 0 Å². The van der Waals surface area contributed by atoms with Crippen LogP contribution in [0.2, 0.25) is 0 Å². The Hall–Kier alpha value is -4.18. The van der Waals surface area contributed by atoms with Crippen molar-refractivity contribution in [3.05, 3.63) is 66.7 Å². The van der Waals surface area contributed by atoms with Gasteiger partial charge in [0.2, 0.25) is 11.8 Å². The molecule has 3 aromatic rings. The predicted molar refractivity (Wildman–Crippen MR) is 122 cm³/mol. The molecule has 3 amide bonds. The van der Waals surface area contributed by atoms with Gasteiger partial charge in [0.1, 0.15) is 0 Å². The third-order valence-corrected chi connectivity index (χ3v) is 4.84. The summed E-state index contributed by atoms with van der Waals surface area (Å²) in [6.45, 7) is -0.340. The Morgan fingerprint density at radius 1 is 1.12 bits per heavy atom. The van der Waals surface area contributed by atoms with Crippen LogP contribution in [0.15, 0.2) is 71.8 Å². The monoisotopic (exact) mass is 447 g/mol. The number of aromatic nitrogens is 1. The number of hydrogen-bond acceptors (Lipinski definition) is 7. The smallest absolute Gasteiger partial charge is 0.278 e. The van der Waals surface area contributed by atoms with E-state index in [0.29, 0.717) is 5.69 Å². The molecule has 0 bridgehead atoms. The summed E-state index contributed by atoms with van der Waals surface area (Å²) in [5.41, 5.74) is 3.50. The highest BCUT2D eigenvalue weighted by Crippen LogP contribution is 2.19. The van der Waals surface area contributed by atoms with Gasteiger partial charge < -0.3 is 10.1 Å². The lowest BCUT2D eigenvalue weighted by atomic mass is 10.1. The minimum Gasteiger partial charge on any atom is -0.467 e. The third kappa shape index (κ3) is 4.60. The molecule has 4 rings (SSSR count). The van der Waals surface area contributed by atoms with Crippen LogP contribution < -0.4 is 20.4 Å². The van der Waals surface area contributed by atoms with E-state index in [-0.39, 0.29) is 17.6 Å². The summed E-state index contributed by atoms with van der Waals surface area (Å²) in [6, 6.07) is 19.7. The van der Waals surface area contributed by atoms with Gasteiger partial charge in [-0.2, -0.15) is 5.10 Å². The standard InChI is InChI=1S/C22H17N5O4S/c28-18(13-31-19-11-10-14-6-4-5-9-17(14)24-19)26-23-12-16-20(29)25-22(32)27(21(16)30)15-7-2-1-3-8-15/h1-12,16H,13H2,(H,26,28)(H,25,29,32)/b23-12-/t16-/m0/s1. The van der Waals surface area contributed by atoms with Crippen molar-refractivity contribution in [1.29, 1.82) is 0 Å². The van der Waals surface area contributed by atoms with E-state index in [4.69, 9.17) is 17.0 Å². The lowest BCUT2D eigenvalue weighted by Crippen LogP contribution is -2.58. The van der Waals surface area contributed by atoms with Gasteiger partial charge in [0.05, 0.1) is 11.2 Å². The highest BCUT2D eigenvalue weighted by molar-refractivity contribution is 7.80. The fourth-order valence-corrected chi connectivity index (χ4v) is 3.32. The molecule has 2 heterocycles. The maximum Gasteiger partial charge on any atom is 0.278 e. The lowest BCUT2D eigenvalue weighted by Gasteiger charge is -2.30. The Kier molecular flexibility index (Phi) is 6.13. The number of carbonyl (C=O) groups excluding carboxylic acids is 3. The zero-order valence-electron chi connectivity index (χ0n) is 16.6. The normalized spacial score (nSPS) is 16.3. The number of fused-ring (bicyclic) bond motifs is 1. The number of hydrogen-bond donors (Lipinski definition) is 2. The summed E-state index contributed by atoms with van der Waals surface area (Å²) >= 11 is 5.12. The van der Waals surface area contributed by atoms with Crippen LogP contribution in [0.25, 0.3) is 10.9 Å². The molecular formula is C22H17N5O4S. The molecule has 0 unspecified atom stereocenters. The summed E-state index contributed by atoms with van der Waals surface area (Å²) in [5, 5.41) is 7.14. The van der Waals surface area contributed by atoms with Gasteiger partial charge in [0.25, 0.3) is 11.8 Å². The molecule has 1 fully saturated rings. The predicted octanol–water partition coefficient (Wildman–Crippen LogP) is 1.78. The Morgan fingerprint density at radius 2 is 1.88 bits per heavy atom. The minimum atomic E-state index is -1.25. The average Bonchev–Trinajstić information content (AvgIpc) is 2.80. The zero-order valence-corrected chi connectivity index (χ0v) is 17.4. The molecule has 0 radical (unpaired) electrons. The molecule has 1 saturated heterocycles. The number of carbonyl (C=O) groups is 3. The highest BCUT2D eigenvalue weighted by Gasteiger charge is 2.38. The van der Waals surface area contributed by atoms with E-state index in [9.17, 15) is 14.4 Å². The van der Waals surface area contributed by atoms with Crippen LogP contribution >= 0.6 is 12.2 Å². The second-order valence-corrected chi connectivity index (χ2v) is 7.11. The van der Waals surface area contributed by atoms with Gasteiger partial charge in [0.15, 0.2) is 17.6 Å². The van der Waals surface area contributed by atoms with Crippen LogP contribution in [0.4, 0.5) is 5.69 Å². The molecule has 9 nitrogen and oxygen atoms in total. The first-order chi connectivity index (χ1) is 15.5. The van der Waals surface area contributed by atoms with E-state index < -0.39 is 23.6 Å². The van der Waals surface area contributed by atoms with Crippen LogP contribution in [0.1, 0.15) is 0 Å². The van der Waals surface area contributed by atoms with Gasteiger partial charge in [-0.05, 0) is 36.5 Å². The number of ether oxygens (including phenoxy) is 1. The Labute approximate surface area is 188 Å². The fraction of sp³-hybridized carbons (Fsp3) is 0.0909. The fourth-order valence-electron chi connectivity index (χ4n) is 3.03. The largest absolute Gasteiger partial charge is 0.467 e. The molecule has 10 heteroatoms. The summed E-state index contributed by atoms with van der Waals surface area (Å²) < 4.78 is 5.38. The van der Waals surface area contributed by atoms with Crippen molar-refractivity contribution in [3.8, 4) is 5.88 Å². The molecule has 0 saturated carbocycles. The molecule has 0 aliphatic carbocycles. The third-order valence-electron chi connectivity index (χ3n) is 4.55. The summed E-state index contributed by atoms with van der Waals surface area (Å²) in [6.07, 6.45) is 1.06. The van der Waals surface area contributed by atoms with Gasteiger partial charge >= 0.3 is 0 Å². The minimum absolute atomic E-state index is 0.0174. The van der Waals surface area contributed by atoms with Crippen LogP contribution in [-0.2, 0) is 14.4 Å². The SMILES string of the molecule is O=C(COc1ccc2ccccc2n1)N/N=C\[C@H]1C(=O)NC(=S)N(c2ccccc2)C1=O. The number of benzene rings is 2. The van der Waals surface area contributed by atoms with E-state index in [1.807, 2.05) is 30.3 Å². The summed E-state index contributed by atoms with van der Waals surface area (Å²) in [5.74, 6) is -2.72. The quantitative estimate of drug-likeness (QED) is 0.258. The Bertz CT molecular complexity index is 1230. The van der Waals surface area contributed by atoms with Crippen molar-refractivity contribution >= 4 is 57.9 Å². The van der Waals surface area contributed by atoms with Gasteiger partial charge in [0, 0.05) is 17.7 Å². The van der Waals surface area contributed by atoms with Crippen LogP contribution in [-0.4, -0.2) is 40.6 Å². The van der Waals surface area contributed by atoms with E-state index in [0.717, 1.165) is 17.1 Å². The number of thiocarbonyl (C=S) groups is 1. The number of amides is 3. The Morgan fingerprint density at radius 3 is 2.69 bits per heavy atom. The molecule has 2 N–H and O–H groups in total. The van der Waals surface area contributed by atoms with E-state index in [2.05, 4.69) is 20.8 Å². The number of para-hydroxylation sites is 2. The second-order valence-electron chi connectivity index (χ2n) is 6.73.